The van der Waals surface area contributed by atoms with Crippen molar-refractivity contribution in [1.29, 1.82) is 0 Å². The van der Waals surface area contributed by atoms with Crippen molar-refractivity contribution in [1.82, 2.24) is 9.80 Å². The first-order valence-corrected chi connectivity index (χ1v) is 8.23. The molecule has 1 heterocycles. The van der Waals surface area contributed by atoms with Crippen molar-refractivity contribution in [3.8, 4) is 0 Å². The summed E-state index contributed by atoms with van der Waals surface area (Å²) < 4.78 is 13.8. The molecule has 4 heteroatoms. The van der Waals surface area contributed by atoms with Gasteiger partial charge in [0, 0.05) is 50.9 Å². The van der Waals surface area contributed by atoms with Crippen LogP contribution in [-0.4, -0.2) is 42.5 Å². The molecule has 0 saturated carbocycles. The monoisotopic (exact) mass is 313 g/mol. The van der Waals surface area contributed by atoms with Gasteiger partial charge in [-0.15, -0.1) is 0 Å². The van der Waals surface area contributed by atoms with E-state index in [2.05, 4.69) is 34.1 Å². The van der Waals surface area contributed by atoms with Crippen LogP contribution in [0.1, 0.15) is 17.2 Å². The largest absolute Gasteiger partial charge is 0.329 e. The van der Waals surface area contributed by atoms with Gasteiger partial charge in [0.1, 0.15) is 5.82 Å². The average Bonchev–Trinajstić information content (AvgIpc) is 2.60. The Balaban J connectivity index is 1.59. The normalized spacial score (nSPS) is 18.0. The first-order chi connectivity index (χ1) is 11.3. The van der Waals surface area contributed by atoms with Gasteiger partial charge >= 0.3 is 0 Å². The van der Waals surface area contributed by atoms with Gasteiger partial charge in [-0.25, -0.2) is 4.39 Å². The Hall–Kier alpha value is -1.75. The molecule has 2 N–H and O–H groups in total. The predicted octanol–water partition coefficient (Wildman–Crippen LogP) is 2.64. The molecule has 1 aliphatic rings. The second-order valence-electron chi connectivity index (χ2n) is 6.07. The molecule has 122 valence electrons. The molecule has 0 unspecified atom stereocenters. The Morgan fingerprint density at radius 1 is 0.913 bits per heavy atom. The molecule has 3 rings (SSSR count). The molecule has 0 bridgehead atoms. The zero-order valence-electron chi connectivity index (χ0n) is 13.4. The summed E-state index contributed by atoms with van der Waals surface area (Å²) in [6, 6.07) is 17.7. The summed E-state index contributed by atoms with van der Waals surface area (Å²) in [5.74, 6) is -0.112. The smallest absolute Gasteiger partial charge is 0.127 e. The Labute approximate surface area is 137 Å². The third-order valence-corrected chi connectivity index (χ3v) is 4.61. The van der Waals surface area contributed by atoms with Crippen molar-refractivity contribution < 1.29 is 4.39 Å². The van der Waals surface area contributed by atoms with Gasteiger partial charge in [-0.05, 0) is 11.6 Å². The molecule has 1 fully saturated rings. The molecular formula is C19H24FN3. The summed E-state index contributed by atoms with van der Waals surface area (Å²) in [4.78, 5) is 4.75. The Morgan fingerprint density at radius 3 is 2.22 bits per heavy atom. The fourth-order valence-corrected chi connectivity index (χ4v) is 3.27. The van der Waals surface area contributed by atoms with Crippen LogP contribution in [0.5, 0.6) is 0 Å². The summed E-state index contributed by atoms with van der Waals surface area (Å²) in [6.07, 6.45) is 0. The number of piperazine rings is 1. The molecule has 0 amide bonds. The quantitative estimate of drug-likeness (QED) is 0.921. The lowest BCUT2D eigenvalue weighted by molar-refractivity contribution is 0.0935. The molecule has 1 aliphatic heterocycles. The van der Waals surface area contributed by atoms with Crippen molar-refractivity contribution in [3.05, 3.63) is 71.5 Å². The van der Waals surface area contributed by atoms with Gasteiger partial charge < -0.3 is 5.73 Å². The number of benzene rings is 2. The number of halogens is 1. The molecule has 0 aliphatic carbocycles. The van der Waals surface area contributed by atoms with Gasteiger partial charge in [-0.1, -0.05) is 48.5 Å². The summed E-state index contributed by atoms with van der Waals surface area (Å²) in [5, 5.41) is 0. The lowest BCUT2D eigenvalue weighted by Crippen LogP contribution is -2.48. The minimum absolute atomic E-state index is 0.112. The minimum atomic E-state index is -0.112. The van der Waals surface area contributed by atoms with Gasteiger partial charge in [0.15, 0.2) is 0 Å². The summed E-state index contributed by atoms with van der Waals surface area (Å²) in [7, 11) is 0. The maximum Gasteiger partial charge on any atom is 0.127 e. The number of nitrogens with two attached hydrogens (primary N) is 1. The molecule has 0 aromatic heterocycles. The van der Waals surface area contributed by atoms with Crippen LogP contribution in [0.2, 0.25) is 0 Å². The Kier molecular flexibility index (Phi) is 5.39. The van der Waals surface area contributed by atoms with Gasteiger partial charge in [0.05, 0.1) is 0 Å². The van der Waals surface area contributed by atoms with Crippen LogP contribution in [0.3, 0.4) is 0 Å². The number of hydrogen-bond acceptors (Lipinski definition) is 3. The van der Waals surface area contributed by atoms with Crippen molar-refractivity contribution in [2.45, 2.75) is 12.6 Å². The summed E-state index contributed by atoms with van der Waals surface area (Å²) in [6.45, 7) is 5.11. The van der Waals surface area contributed by atoms with Gasteiger partial charge in [0.2, 0.25) is 0 Å². The number of rotatable bonds is 5. The SMILES string of the molecule is NC[C@@H](c1ccccc1)N1CCN(Cc2ccccc2F)CC1. The highest BCUT2D eigenvalue weighted by Crippen LogP contribution is 2.21. The molecule has 23 heavy (non-hydrogen) atoms. The topological polar surface area (TPSA) is 32.5 Å². The highest BCUT2D eigenvalue weighted by Gasteiger charge is 2.24. The van der Waals surface area contributed by atoms with Crippen LogP contribution < -0.4 is 5.73 Å². The average molecular weight is 313 g/mol. The second-order valence-corrected chi connectivity index (χ2v) is 6.07. The van der Waals surface area contributed by atoms with E-state index in [1.807, 2.05) is 18.2 Å². The number of nitrogens with zero attached hydrogens (tertiary/aromatic N) is 2. The molecule has 0 spiro atoms. The van der Waals surface area contributed by atoms with Crippen LogP contribution in [0.4, 0.5) is 4.39 Å². The predicted molar refractivity (Wildman–Crippen MR) is 91.5 cm³/mol. The van der Waals surface area contributed by atoms with E-state index in [4.69, 9.17) is 5.73 Å². The molecular weight excluding hydrogens is 289 g/mol. The summed E-state index contributed by atoms with van der Waals surface area (Å²) in [5.41, 5.74) is 8.06. The first-order valence-electron chi connectivity index (χ1n) is 8.23. The number of hydrogen-bond donors (Lipinski definition) is 1. The van der Waals surface area contributed by atoms with E-state index in [0.717, 1.165) is 31.7 Å². The highest BCUT2D eigenvalue weighted by atomic mass is 19.1. The fourth-order valence-electron chi connectivity index (χ4n) is 3.27. The maximum atomic E-state index is 13.8. The van der Waals surface area contributed by atoms with E-state index < -0.39 is 0 Å². The van der Waals surface area contributed by atoms with Gasteiger partial charge in [0.25, 0.3) is 0 Å². The van der Waals surface area contributed by atoms with E-state index in [-0.39, 0.29) is 11.9 Å². The summed E-state index contributed by atoms with van der Waals surface area (Å²) >= 11 is 0. The zero-order chi connectivity index (χ0) is 16.1. The minimum Gasteiger partial charge on any atom is -0.329 e. The second kappa shape index (κ2) is 7.68. The first kappa shape index (κ1) is 16.1. The van der Waals surface area contributed by atoms with Crippen LogP contribution in [0, 0.1) is 5.82 Å². The Morgan fingerprint density at radius 2 is 1.57 bits per heavy atom. The van der Waals surface area contributed by atoms with Crippen molar-refractivity contribution >= 4 is 0 Å². The van der Waals surface area contributed by atoms with Crippen LogP contribution in [0.25, 0.3) is 0 Å². The van der Waals surface area contributed by atoms with E-state index in [0.29, 0.717) is 13.1 Å². The van der Waals surface area contributed by atoms with E-state index in [1.165, 1.54) is 11.6 Å². The molecule has 1 saturated heterocycles. The van der Waals surface area contributed by atoms with Gasteiger partial charge in [-0.2, -0.15) is 0 Å². The lowest BCUT2D eigenvalue weighted by atomic mass is 10.0. The Bertz CT molecular complexity index is 609. The third kappa shape index (κ3) is 3.96. The van der Waals surface area contributed by atoms with E-state index in [1.54, 1.807) is 6.07 Å². The third-order valence-electron chi connectivity index (χ3n) is 4.61. The van der Waals surface area contributed by atoms with Crippen molar-refractivity contribution in [3.63, 3.8) is 0 Å². The van der Waals surface area contributed by atoms with Crippen LogP contribution in [0.15, 0.2) is 54.6 Å². The molecule has 2 aromatic rings. The van der Waals surface area contributed by atoms with E-state index in [9.17, 15) is 4.39 Å². The maximum absolute atomic E-state index is 13.8. The molecule has 0 radical (unpaired) electrons. The zero-order valence-corrected chi connectivity index (χ0v) is 13.4. The highest BCUT2D eigenvalue weighted by molar-refractivity contribution is 5.20. The van der Waals surface area contributed by atoms with Crippen LogP contribution in [-0.2, 0) is 6.54 Å². The standard InChI is InChI=1S/C19H24FN3/c20-18-9-5-4-8-17(18)15-22-10-12-23(13-11-22)19(14-21)16-6-2-1-3-7-16/h1-9,19H,10-15,21H2/t19-/m0/s1. The van der Waals surface area contributed by atoms with Crippen molar-refractivity contribution in [2.24, 2.45) is 5.73 Å². The van der Waals surface area contributed by atoms with E-state index >= 15 is 0 Å². The van der Waals surface area contributed by atoms with Crippen LogP contribution >= 0.6 is 0 Å². The molecule has 1 atom stereocenters. The van der Waals surface area contributed by atoms with Gasteiger partial charge in [-0.3, -0.25) is 9.80 Å². The van der Waals surface area contributed by atoms with Crippen molar-refractivity contribution in [2.75, 3.05) is 32.7 Å². The lowest BCUT2D eigenvalue weighted by Gasteiger charge is -2.39. The molecule has 2 aromatic carbocycles. The fraction of sp³-hybridized carbons (Fsp3) is 0.368. The molecule has 3 nitrogen and oxygen atoms in total.